The van der Waals surface area contributed by atoms with Crippen molar-refractivity contribution in [3.63, 3.8) is 0 Å². The third-order valence-corrected chi connectivity index (χ3v) is 4.75. The van der Waals surface area contributed by atoms with Crippen molar-refractivity contribution < 1.29 is 14.4 Å². The molecule has 0 N–H and O–H groups in total. The first-order valence-electron chi connectivity index (χ1n) is 8.98. The Morgan fingerprint density at radius 1 is 1.30 bits per heavy atom. The van der Waals surface area contributed by atoms with Crippen LogP contribution in [0.5, 0.6) is 5.75 Å². The highest BCUT2D eigenvalue weighted by Crippen LogP contribution is 2.21. The SMILES string of the molecule is CCC(=O)N(Cc1cccc(OC)c1)C[C@@H]1CC(c2ccc(Cl)cc2)=NO1. The van der Waals surface area contributed by atoms with E-state index in [0.29, 0.717) is 31.0 Å². The molecule has 1 aliphatic rings. The van der Waals surface area contributed by atoms with Crippen molar-refractivity contribution in [2.24, 2.45) is 5.16 Å². The summed E-state index contributed by atoms with van der Waals surface area (Å²) in [6.07, 6.45) is 0.950. The quantitative estimate of drug-likeness (QED) is 0.713. The zero-order valence-electron chi connectivity index (χ0n) is 15.5. The summed E-state index contributed by atoms with van der Waals surface area (Å²) >= 11 is 5.94. The Bertz CT molecular complexity index is 820. The van der Waals surface area contributed by atoms with Crippen LogP contribution in [0.25, 0.3) is 0 Å². The largest absolute Gasteiger partial charge is 0.497 e. The van der Waals surface area contributed by atoms with E-state index in [1.807, 2.05) is 60.4 Å². The molecule has 1 amide bonds. The molecule has 142 valence electrons. The second-order valence-electron chi connectivity index (χ2n) is 6.46. The van der Waals surface area contributed by atoms with Gasteiger partial charge in [-0.2, -0.15) is 0 Å². The van der Waals surface area contributed by atoms with Crippen LogP contribution in [-0.4, -0.2) is 36.3 Å². The van der Waals surface area contributed by atoms with Gasteiger partial charge in [0.1, 0.15) is 5.75 Å². The summed E-state index contributed by atoms with van der Waals surface area (Å²) in [6.45, 7) is 2.87. The van der Waals surface area contributed by atoms with Crippen LogP contribution in [0.2, 0.25) is 5.02 Å². The fourth-order valence-electron chi connectivity index (χ4n) is 3.05. The lowest BCUT2D eigenvalue weighted by molar-refractivity contribution is -0.133. The Morgan fingerprint density at radius 3 is 2.78 bits per heavy atom. The van der Waals surface area contributed by atoms with Crippen LogP contribution in [0.1, 0.15) is 30.9 Å². The van der Waals surface area contributed by atoms with Gasteiger partial charge in [0, 0.05) is 24.4 Å². The number of halogens is 1. The van der Waals surface area contributed by atoms with Gasteiger partial charge in [0.2, 0.25) is 5.91 Å². The second kappa shape index (κ2) is 8.91. The fraction of sp³-hybridized carbons (Fsp3) is 0.333. The minimum absolute atomic E-state index is 0.0846. The van der Waals surface area contributed by atoms with Gasteiger partial charge in [0.25, 0.3) is 0 Å². The third kappa shape index (κ3) is 5.01. The van der Waals surface area contributed by atoms with Gasteiger partial charge in [-0.1, -0.05) is 47.9 Å². The molecule has 0 radical (unpaired) electrons. The number of rotatable bonds is 7. The number of benzene rings is 2. The number of ether oxygens (including phenoxy) is 1. The summed E-state index contributed by atoms with van der Waals surface area (Å²) in [5.74, 6) is 0.864. The average molecular weight is 387 g/mol. The number of amides is 1. The highest BCUT2D eigenvalue weighted by molar-refractivity contribution is 6.30. The number of carbonyl (C=O) groups is 1. The van der Waals surface area contributed by atoms with Crippen molar-refractivity contribution in [3.05, 3.63) is 64.7 Å². The van der Waals surface area contributed by atoms with Crippen LogP contribution in [-0.2, 0) is 16.2 Å². The molecule has 0 saturated heterocycles. The number of oxime groups is 1. The number of carbonyl (C=O) groups excluding carboxylic acids is 1. The van der Waals surface area contributed by atoms with E-state index < -0.39 is 0 Å². The molecule has 0 unspecified atom stereocenters. The monoisotopic (exact) mass is 386 g/mol. The van der Waals surface area contributed by atoms with Gasteiger partial charge < -0.3 is 14.5 Å². The Balaban J connectivity index is 1.65. The zero-order valence-corrected chi connectivity index (χ0v) is 16.3. The summed E-state index contributed by atoms with van der Waals surface area (Å²) in [7, 11) is 1.63. The molecule has 2 aromatic carbocycles. The first-order chi connectivity index (χ1) is 13.1. The predicted octanol–water partition coefficient (Wildman–Crippen LogP) is 4.28. The van der Waals surface area contributed by atoms with Gasteiger partial charge in [-0.3, -0.25) is 4.79 Å². The molecule has 2 aromatic rings. The van der Waals surface area contributed by atoms with Crippen LogP contribution in [0.15, 0.2) is 53.7 Å². The average Bonchev–Trinajstić information content (AvgIpc) is 3.16. The maximum Gasteiger partial charge on any atom is 0.222 e. The van der Waals surface area contributed by atoms with E-state index in [-0.39, 0.29) is 12.0 Å². The van der Waals surface area contributed by atoms with Crippen molar-refractivity contribution in [2.75, 3.05) is 13.7 Å². The number of hydrogen-bond acceptors (Lipinski definition) is 4. The molecule has 0 bridgehead atoms. The predicted molar refractivity (Wildman–Crippen MR) is 106 cm³/mol. The molecule has 1 atom stereocenters. The molecule has 0 aromatic heterocycles. The molecule has 5 nitrogen and oxygen atoms in total. The normalized spacial score (nSPS) is 15.8. The summed E-state index contributed by atoms with van der Waals surface area (Å²) in [6, 6.07) is 15.3. The number of nitrogens with zero attached hydrogens (tertiary/aromatic N) is 2. The van der Waals surface area contributed by atoms with Crippen LogP contribution >= 0.6 is 11.6 Å². The van der Waals surface area contributed by atoms with E-state index in [0.717, 1.165) is 22.6 Å². The summed E-state index contributed by atoms with van der Waals surface area (Å²) in [5, 5.41) is 4.89. The molecule has 3 rings (SSSR count). The highest BCUT2D eigenvalue weighted by atomic mass is 35.5. The van der Waals surface area contributed by atoms with Gasteiger partial charge >= 0.3 is 0 Å². The summed E-state index contributed by atoms with van der Waals surface area (Å²) in [4.78, 5) is 19.8. The van der Waals surface area contributed by atoms with E-state index in [1.165, 1.54) is 0 Å². The molecule has 27 heavy (non-hydrogen) atoms. The van der Waals surface area contributed by atoms with E-state index in [2.05, 4.69) is 5.16 Å². The molecule has 0 fully saturated rings. The third-order valence-electron chi connectivity index (χ3n) is 4.50. The van der Waals surface area contributed by atoms with Crippen molar-refractivity contribution in [1.29, 1.82) is 0 Å². The van der Waals surface area contributed by atoms with Crippen LogP contribution in [0, 0.1) is 0 Å². The first-order valence-corrected chi connectivity index (χ1v) is 9.36. The Kier molecular flexibility index (Phi) is 6.35. The van der Waals surface area contributed by atoms with Gasteiger partial charge in [-0.25, -0.2) is 0 Å². The molecular formula is C21H23ClN2O3. The lowest BCUT2D eigenvalue weighted by Crippen LogP contribution is -2.36. The summed E-state index contributed by atoms with van der Waals surface area (Å²) < 4.78 is 5.27. The van der Waals surface area contributed by atoms with Crippen molar-refractivity contribution >= 4 is 23.2 Å². The molecule has 6 heteroatoms. The van der Waals surface area contributed by atoms with Crippen LogP contribution in [0.4, 0.5) is 0 Å². The smallest absolute Gasteiger partial charge is 0.222 e. The van der Waals surface area contributed by atoms with Crippen molar-refractivity contribution in [3.8, 4) is 5.75 Å². The molecule has 0 saturated carbocycles. The number of hydrogen-bond donors (Lipinski definition) is 0. The minimum Gasteiger partial charge on any atom is -0.497 e. The molecular weight excluding hydrogens is 364 g/mol. The van der Waals surface area contributed by atoms with Gasteiger partial charge in [-0.15, -0.1) is 0 Å². The molecule has 1 heterocycles. The van der Waals surface area contributed by atoms with Gasteiger partial charge in [-0.05, 0) is 35.4 Å². The fourth-order valence-corrected chi connectivity index (χ4v) is 3.18. The Labute approximate surface area is 164 Å². The Hall–Kier alpha value is -2.53. The standard InChI is InChI=1S/C21H23ClN2O3/c1-3-21(25)24(13-15-5-4-6-18(11-15)26-2)14-19-12-20(23-27-19)16-7-9-17(22)10-8-16/h4-11,19H,3,12-14H2,1-2H3/t19-/m0/s1. The lowest BCUT2D eigenvalue weighted by Gasteiger charge is -2.24. The topological polar surface area (TPSA) is 51.1 Å². The Morgan fingerprint density at radius 2 is 2.07 bits per heavy atom. The van der Waals surface area contributed by atoms with Crippen molar-refractivity contribution in [2.45, 2.75) is 32.4 Å². The maximum absolute atomic E-state index is 12.4. The van der Waals surface area contributed by atoms with E-state index in [9.17, 15) is 4.79 Å². The van der Waals surface area contributed by atoms with Crippen LogP contribution < -0.4 is 4.74 Å². The van der Waals surface area contributed by atoms with Crippen LogP contribution in [0.3, 0.4) is 0 Å². The van der Waals surface area contributed by atoms with Gasteiger partial charge in [0.05, 0.1) is 19.4 Å². The molecule has 1 aliphatic heterocycles. The summed E-state index contributed by atoms with van der Waals surface area (Å²) in [5.41, 5.74) is 2.89. The van der Waals surface area contributed by atoms with Gasteiger partial charge in [0.15, 0.2) is 6.10 Å². The maximum atomic E-state index is 12.4. The lowest BCUT2D eigenvalue weighted by atomic mass is 10.0. The van der Waals surface area contributed by atoms with E-state index in [4.69, 9.17) is 21.2 Å². The zero-order chi connectivity index (χ0) is 19.2. The minimum atomic E-state index is -0.156. The van der Waals surface area contributed by atoms with E-state index in [1.54, 1.807) is 7.11 Å². The first kappa shape index (κ1) is 19.2. The molecule has 0 aliphatic carbocycles. The highest BCUT2D eigenvalue weighted by Gasteiger charge is 2.26. The molecule has 0 spiro atoms. The van der Waals surface area contributed by atoms with E-state index >= 15 is 0 Å². The number of methoxy groups -OCH3 is 1. The van der Waals surface area contributed by atoms with Crippen molar-refractivity contribution in [1.82, 2.24) is 4.90 Å². The second-order valence-corrected chi connectivity index (χ2v) is 6.89.